The van der Waals surface area contributed by atoms with Gasteiger partial charge < -0.3 is 0 Å². The van der Waals surface area contributed by atoms with Crippen molar-refractivity contribution < 1.29 is 4.79 Å². The highest BCUT2D eigenvalue weighted by atomic mass is 16.1. The molecule has 0 aromatic carbocycles. The van der Waals surface area contributed by atoms with Gasteiger partial charge in [-0.3, -0.25) is 15.2 Å². The fourth-order valence-corrected chi connectivity index (χ4v) is 0.848. The predicted molar refractivity (Wildman–Crippen MR) is 46.4 cm³/mol. The zero-order chi connectivity index (χ0) is 8.97. The molecule has 1 N–H and O–H groups in total. The highest BCUT2D eigenvalue weighted by Gasteiger charge is 2.08. The number of ketones is 1. The summed E-state index contributed by atoms with van der Waals surface area (Å²) >= 11 is 0. The lowest BCUT2D eigenvalue weighted by Crippen LogP contribution is -2.12. The minimum Gasteiger partial charge on any atom is -0.297 e. The minimum absolute atomic E-state index is 0.0469. The quantitative estimate of drug-likeness (QED) is 0.683. The average molecular weight is 162 g/mol. The van der Waals surface area contributed by atoms with Gasteiger partial charge in [-0.25, -0.2) is 0 Å². The van der Waals surface area contributed by atoms with Crippen LogP contribution in [0.15, 0.2) is 24.5 Å². The minimum atomic E-state index is -0.150. The molecule has 0 aliphatic carbocycles. The van der Waals surface area contributed by atoms with Crippen LogP contribution in [0.4, 0.5) is 0 Å². The number of carbonyl (C=O) groups is 1. The van der Waals surface area contributed by atoms with E-state index in [9.17, 15) is 4.79 Å². The standard InChI is InChI=1S/C9H10N2O/c1-2-8(12)9(10)7-4-3-5-11-6-7/h3-6,10H,2H2,1H3. The normalized spacial score (nSPS) is 9.42. The smallest absolute Gasteiger partial charge is 0.180 e. The third-order valence-electron chi connectivity index (χ3n) is 1.55. The van der Waals surface area contributed by atoms with Crippen LogP contribution in [0.1, 0.15) is 18.9 Å². The third kappa shape index (κ3) is 1.75. The van der Waals surface area contributed by atoms with E-state index in [1.54, 1.807) is 25.3 Å². The summed E-state index contributed by atoms with van der Waals surface area (Å²) in [5.41, 5.74) is 0.634. The van der Waals surface area contributed by atoms with Crippen LogP contribution in [0, 0.1) is 5.41 Å². The Bertz CT molecular complexity index is 293. The van der Waals surface area contributed by atoms with Crippen LogP contribution in [-0.2, 0) is 4.79 Å². The van der Waals surface area contributed by atoms with Gasteiger partial charge in [0, 0.05) is 24.4 Å². The van der Waals surface area contributed by atoms with Crippen LogP contribution in [0.2, 0.25) is 0 Å². The van der Waals surface area contributed by atoms with E-state index in [0.717, 1.165) is 0 Å². The van der Waals surface area contributed by atoms with Crippen LogP contribution in [-0.4, -0.2) is 16.5 Å². The van der Waals surface area contributed by atoms with Crippen molar-refractivity contribution in [3.05, 3.63) is 30.1 Å². The van der Waals surface area contributed by atoms with E-state index < -0.39 is 0 Å². The molecule has 62 valence electrons. The highest BCUT2D eigenvalue weighted by Crippen LogP contribution is 1.99. The molecule has 0 spiro atoms. The molecule has 0 saturated heterocycles. The number of Topliss-reactive ketones (excluding diaryl/α,β-unsaturated/α-hetero) is 1. The molecule has 0 saturated carbocycles. The molecule has 3 heteroatoms. The summed E-state index contributed by atoms with van der Waals surface area (Å²) in [4.78, 5) is 14.9. The molecule has 0 amide bonds. The Morgan fingerprint density at radius 3 is 2.92 bits per heavy atom. The summed E-state index contributed by atoms with van der Waals surface area (Å²) < 4.78 is 0. The molecule has 0 bridgehead atoms. The molecule has 1 heterocycles. The van der Waals surface area contributed by atoms with Gasteiger partial charge in [0.1, 0.15) is 5.71 Å². The third-order valence-corrected chi connectivity index (χ3v) is 1.55. The molecule has 0 fully saturated rings. The van der Waals surface area contributed by atoms with Gasteiger partial charge >= 0.3 is 0 Å². The maximum atomic E-state index is 11.1. The second-order valence-electron chi connectivity index (χ2n) is 2.39. The first kappa shape index (κ1) is 8.59. The Morgan fingerprint density at radius 1 is 1.67 bits per heavy atom. The molecule has 1 rings (SSSR count). The van der Waals surface area contributed by atoms with E-state index in [0.29, 0.717) is 12.0 Å². The van der Waals surface area contributed by atoms with E-state index >= 15 is 0 Å². The molecular formula is C9H10N2O. The largest absolute Gasteiger partial charge is 0.297 e. The Morgan fingerprint density at radius 2 is 2.42 bits per heavy atom. The first-order chi connectivity index (χ1) is 5.75. The van der Waals surface area contributed by atoms with E-state index in [2.05, 4.69) is 4.98 Å². The van der Waals surface area contributed by atoms with Gasteiger partial charge in [0.2, 0.25) is 0 Å². The molecule has 0 aliphatic heterocycles. The van der Waals surface area contributed by atoms with Gasteiger partial charge in [-0.1, -0.05) is 6.92 Å². The number of nitrogens with zero attached hydrogens (tertiary/aromatic N) is 1. The second kappa shape index (κ2) is 3.76. The van der Waals surface area contributed by atoms with E-state index in [1.807, 2.05) is 0 Å². The SMILES string of the molecule is CCC(=O)C(=N)c1cccnc1. The summed E-state index contributed by atoms with van der Waals surface area (Å²) in [6.07, 6.45) is 3.51. The number of nitrogens with one attached hydrogen (secondary N) is 1. The van der Waals surface area contributed by atoms with Gasteiger partial charge in [-0.05, 0) is 12.1 Å². The van der Waals surface area contributed by atoms with Crippen molar-refractivity contribution >= 4 is 11.5 Å². The number of aromatic nitrogens is 1. The summed E-state index contributed by atoms with van der Waals surface area (Å²) in [5, 5.41) is 7.45. The van der Waals surface area contributed by atoms with Gasteiger partial charge in [-0.15, -0.1) is 0 Å². The number of hydrogen-bond donors (Lipinski definition) is 1. The number of hydrogen-bond acceptors (Lipinski definition) is 3. The van der Waals surface area contributed by atoms with Crippen LogP contribution in [0.25, 0.3) is 0 Å². The summed E-state index contributed by atoms with van der Waals surface area (Å²) in [7, 11) is 0. The van der Waals surface area contributed by atoms with E-state index in [-0.39, 0.29) is 11.5 Å². The lowest BCUT2D eigenvalue weighted by atomic mass is 10.1. The molecule has 1 aromatic heterocycles. The maximum Gasteiger partial charge on any atom is 0.180 e. The van der Waals surface area contributed by atoms with Gasteiger partial charge in [-0.2, -0.15) is 0 Å². The summed E-state index contributed by atoms with van der Waals surface area (Å²) in [6, 6.07) is 3.43. The molecule has 12 heavy (non-hydrogen) atoms. The van der Waals surface area contributed by atoms with Crippen molar-refractivity contribution in [2.24, 2.45) is 0 Å². The molecule has 0 radical (unpaired) electrons. The lowest BCUT2D eigenvalue weighted by molar-refractivity contribution is -0.112. The summed E-state index contributed by atoms with van der Waals surface area (Å²) in [5.74, 6) is -0.150. The number of pyridine rings is 1. The Labute approximate surface area is 71.0 Å². The van der Waals surface area contributed by atoms with Crippen molar-refractivity contribution in [1.29, 1.82) is 5.41 Å². The van der Waals surface area contributed by atoms with Crippen LogP contribution >= 0.6 is 0 Å². The summed E-state index contributed by atoms with van der Waals surface area (Å²) in [6.45, 7) is 1.74. The molecular weight excluding hydrogens is 152 g/mol. The molecule has 1 aromatic rings. The highest BCUT2D eigenvalue weighted by molar-refractivity contribution is 6.44. The van der Waals surface area contributed by atoms with Gasteiger partial charge in [0.05, 0.1) is 0 Å². The van der Waals surface area contributed by atoms with E-state index in [1.165, 1.54) is 6.20 Å². The average Bonchev–Trinajstić information content (AvgIpc) is 2.17. The molecule has 3 nitrogen and oxygen atoms in total. The Kier molecular flexibility index (Phi) is 2.69. The monoisotopic (exact) mass is 162 g/mol. The second-order valence-corrected chi connectivity index (χ2v) is 2.39. The van der Waals surface area contributed by atoms with Gasteiger partial charge in [0.15, 0.2) is 5.78 Å². The Balaban J connectivity index is 2.86. The first-order valence-electron chi connectivity index (χ1n) is 3.78. The number of rotatable bonds is 3. The first-order valence-corrected chi connectivity index (χ1v) is 3.78. The molecule has 0 unspecified atom stereocenters. The van der Waals surface area contributed by atoms with Crippen molar-refractivity contribution in [3.8, 4) is 0 Å². The lowest BCUT2D eigenvalue weighted by Gasteiger charge is -1.98. The van der Waals surface area contributed by atoms with Crippen molar-refractivity contribution in [2.75, 3.05) is 0 Å². The van der Waals surface area contributed by atoms with Crippen LogP contribution in [0.3, 0.4) is 0 Å². The molecule has 0 aliphatic rings. The maximum absolute atomic E-state index is 11.1. The van der Waals surface area contributed by atoms with Crippen molar-refractivity contribution in [1.82, 2.24) is 4.98 Å². The Hall–Kier alpha value is -1.51. The predicted octanol–water partition coefficient (Wildman–Crippen LogP) is 1.43. The van der Waals surface area contributed by atoms with Crippen LogP contribution < -0.4 is 0 Å². The van der Waals surface area contributed by atoms with Gasteiger partial charge in [0.25, 0.3) is 0 Å². The van der Waals surface area contributed by atoms with Crippen molar-refractivity contribution in [3.63, 3.8) is 0 Å². The number of carbonyl (C=O) groups excluding carboxylic acids is 1. The zero-order valence-corrected chi connectivity index (χ0v) is 6.87. The molecule has 0 atom stereocenters. The fourth-order valence-electron chi connectivity index (χ4n) is 0.848. The van der Waals surface area contributed by atoms with Crippen molar-refractivity contribution in [2.45, 2.75) is 13.3 Å². The topological polar surface area (TPSA) is 53.8 Å². The van der Waals surface area contributed by atoms with Crippen LogP contribution in [0.5, 0.6) is 0 Å². The van der Waals surface area contributed by atoms with E-state index in [4.69, 9.17) is 5.41 Å². The fraction of sp³-hybridized carbons (Fsp3) is 0.222. The zero-order valence-electron chi connectivity index (χ0n) is 6.87.